The molecule has 0 aromatic carbocycles. The van der Waals surface area contributed by atoms with Gasteiger partial charge >= 0.3 is 0 Å². The Bertz CT molecular complexity index is 270. The van der Waals surface area contributed by atoms with Crippen molar-refractivity contribution < 1.29 is 9.59 Å². The summed E-state index contributed by atoms with van der Waals surface area (Å²) in [5.74, 6) is -0.584. The molecule has 0 saturated carbocycles. The van der Waals surface area contributed by atoms with Crippen LogP contribution in [0.1, 0.15) is 34.1 Å². The molecule has 0 aliphatic rings. The van der Waals surface area contributed by atoms with Crippen molar-refractivity contribution >= 4 is 11.8 Å². The first-order valence-electron chi connectivity index (χ1n) is 5.10. The van der Waals surface area contributed by atoms with Crippen LogP contribution in [0, 0.1) is 11.8 Å². The Kier molecular flexibility index (Phi) is 5.67. The number of nitrogens with two attached hydrogens (primary N) is 1. The van der Waals surface area contributed by atoms with Crippen molar-refractivity contribution in [2.75, 3.05) is 0 Å². The molecule has 0 heterocycles. The summed E-state index contributed by atoms with van der Waals surface area (Å²) < 4.78 is 0. The van der Waals surface area contributed by atoms with E-state index in [1.54, 1.807) is 13.1 Å². The molecule has 4 heteroatoms. The first-order valence-corrected chi connectivity index (χ1v) is 5.10. The van der Waals surface area contributed by atoms with Gasteiger partial charge in [-0.3, -0.25) is 9.59 Å². The van der Waals surface area contributed by atoms with Crippen LogP contribution in [0.4, 0.5) is 0 Å². The van der Waals surface area contributed by atoms with Gasteiger partial charge in [0.05, 0.1) is 0 Å². The number of hydrogen-bond acceptors (Lipinski definition) is 2. The van der Waals surface area contributed by atoms with Crippen LogP contribution in [0.15, 0.2) is 11.8 Å². The van der Waals surface area contributed by atoms with Crippen LogP contribution in [0.5, 0.6) is 0 Å². The van der Waals surface area contributed by atoms with Gasteiger partial charge in [-0.25, -0.2) is 0 Å². The summed E-state index contributed by atoms with van der Waals surface area (Å²) in [7, 11) is 0. The molecule has 0 bridgehead atoms. The number of nitrogens with one attached hydrogen (secondary N) is 1. The van der Waals surface area contributed by atoms with E-state index in [9.17, 15) is 9.59 Å². The summed E-state index contributed by atoms with van der Waals surface area (Å²) in [6, 6.07) is 0. The monoisotopic (exact) mass is 212 g/mol. The Morgan fingerprint density at radius 2 is 1.87 bits per heavy atom. The fourth-order valence-corrected chi connectivity index (χ4v) is 1.00. The number of carbonyl (C=O) groups excluding carboxylic acids is 2. The second-order valence-corrected chi connectivity index (χ2v) is 4.16. The first kappa shape index (κ1) is 13.7. The maximum absolute atomic E-state index is 11.2. The predicted molar refractivity (Wildman–Crippen MR) is 59.7 cm³/mol. The maximum atomic E-state index is 11.2. The standard InChI is InChI=1S/C11H20N2O2/c1-7(2)11(15)13-6-8(3)5-9(4)10(12)14/h6-7,9H,5H2,1-4H3,(H2,12,14)(H,13,15)/b8-6+. The van der Waals surface area contributed by atoms with Crippen LogP contribution in [0.3, 0.4) is 0 Å². The molecular weight excluding hydrogens is 192 g/mol. The largest absolute Gasteiger partial charge is 0.369 e. The lowest BCUT2D eigenvalue weighted by atomic mass is 10.0. The van der Waals surface area contributed by atoms with Crippen molar-refractivity contribution in [3.63, 3.8) is 0 Å². The molecule has 0 aromatic heterocycles. The number of hydrogen-bond donors (Lipinski definition) is 2. The third-order valence-corrected chi connectivity index (χ3v) is 2.10. The molecule has 0 saturated heterocycles. The highest BCUT2D eigenvalue weighted by atomic mass is 16.2. The van der Waals surface area contributed by atoms with Crippen LogP contribution >= 0.6 is 0 Å². The van der Waals surface area contributed by atoms with E-state index >= 15 is 0 Å². The number of carbonyl (C=O) groups is 2. The van der Waals surface area contributed by atoms with Gasteiger partial charge in [0, 0.05) is 18.0 Å². The Hall–Kier alpha value is -1.32. The van der Waals surface area contributed by atoms with Crippen LogP contribution in [0.2, 0.25) is 0 Å². The third-order valence-electron chi connectivity index (χ3n) is 2.10. The quantitative estimate of drug-likeness (QED) is 0.718. The zero-order chi connectivity index (χ0) is 12.0. The average Bonchev–Trinajstić information content (AvgIpc) is 2.13. The number of rotatable bonds is 5. The Labute approximate surface area is 90.9 Å². The molecule has 4 nitrogen and oxygen atoms in total. The summed E-state index contributed by atoms with van der Waals surface area (Å²) in [5, 5.41) is 2.67. The molecule has 1 unspecified atom stereocenters. The van der Waals surface area contributed by atoms with Crippen LogP contribution in [0.25, 0.3) is 0 Å². The van der Waals surface area contributed by atoms with Crippen molar-refractivity contribution in [1.29, 1.82) is 0 Å². The van der Waals surface area contributed by atoms with Gasteiger partial charge in [0.2, 0.25) is 11.8 Å². The Balaban J connectivity index is 4.10. The van der Waals surface area contributed by atoms with Gasteiger partial charge in [0.1, 0.15) is 0 Å². The molecule has 15 heavy (non-hydrogen) atoms. The molecular formula is C11H20N2O2. The minimum Gasteiger partial charge on any atom is -0.369 e. The van der Waals surface area contributed by atoms with Gasteiger partial charge < -0.3 is 11.1 Å². The lowest BCUT2D eigenvalue weighted by Gasteiger charge is -2.08. The Morgan fingerprint density at radius 1 is 1.33 bits per heavy atom. The van der Waals surface area contributed by atoms with Crippen molar-refractivity contribution in [1.82, 2.24) is 5.32 Å². The summed E-state index contributed by atoms with van der Waals surface area (Å²) >= 11 is 0. The van der Waals surface area contributed by atoms with Crippen molar-refractivity contribution in [3.05, 3.63) is 11.8 Å². The predicted octanol–water partition coefficient (Wildman–Crippen LogP) is 1.17. The van der Waals surface area contributed by atoms with E-state index in [4.69, 9.17) is 5.73 Å². The summed E-state index contributed by atoms with van der Waals surface area (Å²) in [5.41, 5.74) is 6.08. The number of allylic oxidation sites excluding steroid dienone is 1. The zero-order valence-electron chi connectivity index (χ0n) is 9.83. The van der Waals surface area contributed by atoms with E-state index in [-0.39, 0.29) is 23.7 Å². The smallest absolute Gasteiger partial charge is 0.226 e. The second kappa shape index (κ2) is 6.22. The van der Waals surface area contributed by atoms with Gasteiger partial charge in [-0.1, -0.05) is 26.3 Å². The van der Waals surface area contributed by atoms with Crippen molar-refractivity contribution in [3.8, 4) is 0 Å². The van der Waals surface area contributed by atoms with Gasteiger partial charge in [0.25, 0.3) is 0 Å². The highest BCUT2D eigenvalue weighted by Crippen LogP contribution is 2.09. The molecule has 0 aliphatic heterocycles. The second-order valence-electron chi connectivity index (χ2n) is 4.16. The van der Waals surface area contributed by atoms with Crippen LogP contribution in [-0.4, -0.2) is 11.8 Å². The van der Waals surface area contributed by atoms with E-state index in [1.807, 2.05) is 20.8 Å². The molecule has 0 fully saturated rings. The SMILES string of the molecule is C/C(=C\NC(=O)C(C)C)CC(C)C(N)=O. The summed E-state index contributed by atoms with van der Waals surface area (Å²) in [4.78, 5) is 22.0. The maximum Gasteiger partial charge on any atom is 0.226 e. The number of amides is 2. The molecule has 2 amide bonds. The zero-order valence-corrected chi connectivity index (χ0v) is 9.83. The van der Waals surface area contributed by atoms with E-state index in [0.29, 0.717) is 6.42 Å². The van der Waals surface area contributed by atoms with E-state index in [0.717, 1.165) is 5.57 Å². The number of primary amides is 1. The fraction of sp³-hybridized carbons (Fsp3) is 0.636. The normalized spacial score (nSPS) is 13.8. The fourth-order valence-electron chi connectivity index (χ4n) is 1.00. The Morgan fingerprint density at radius 3 is 2.27 bits per heavy atom. The molecule has 0 aliphatic carbocycles. The van der Waals surface area contributed by atoms with E-state index in [1.165, 1.54) is 0 Å². The molecule has 0 spiro atoms. The van der Waals surface area contributed by atoms with E-state index in [2.05, 4.69) is 5.32 Å². The van der Waals surface area contributed by atoms with Gasteiger partial charge in [-0.2, -0.15) is 0 Å². The highest BCUT2D eigenvalue weighted by Gasteiger charge is 2.09. The van der Waals surface area contributed by atoms with Gasteiger partial charge in [-0.05, 0) is 13.3 Å². The van der Waals surface area contributed by atoms with Crippen LogP contribution in [-0.2, 0) is 9.59 Å². The lowest BCUT2D eigenvalue weighted by Crippen LogP contribution is -2.24. The van der Waals surface area contributed by atoms with E-state index < -0.39 is 0 Å². The van der Waals surface area contributed by atoms with Crippen LogP contribution < -0.4 is 11.1 Å². The van der Waals surface area contributed by atoms with Crippen molar-refractivity contribution in [2.45, 2.75) is 34.1 Å². The highest BCUT2D eigenvalue weighted by molar-refractivity contribution is 5.79. The molecule has 0 rings (SSSR count). The summed E-state index contributed by atoms with van der Waals surface area (Å²) in [6.45, 7) is 7.28. The van der Waals surface area contributed by atoms with Crippen molar-refractivity contribution in [2.24, 2.45) is 17.6 Å². The topological polar surface area (TPSA) is 72.2 Å². The minimum absolute atomic E-state index is 0.0268. The van der Waals surface area contributed by atoms with Gasteiger partial charge in [0.15, 0.2) is 0 Å². The molecule has 0 aromatic rings. The van der Waals surface area contributed by atoms with Gasteiger partial charge in [-0.15, -0.1) is 0 Å². The minimum atomic E-state index is -0.321. The molecule has 0 radical (unpaired) electrons. The third kappa shape index (κ3) is 5.88. The lowest BCUT2D eigenvalue weighted by molar-refractivity contribution is -0.123. The summed E-state index contributed by atoms with van der Waals surface area (Å²) in [6.07, 6.45) is 2.22. The first-order chi connectivity index (χ1) is 6.84. The molecule has 3 N–H and O–H groups in total. The molecule has 1 atom stereocenters. The molecule has 86 valence electrons. The average molecular weight is 212 g/mol.